The Balaban J connectivity index is 1.66. The summed E-state index contributed by atoms with van der Waals surface area (Å²) in [5.41, 5.74) is -0.257. The van der Waals surface area contributed by atoms with E-state index in [1.807, 2.05) is 26.8 Å². The number of hydrogen-bond acceptors (Lipinski definition) is 5. The second-order valence-electron chi connectivity index (χ2n) is 9.70. The van der Waals surface area contributed by atoms with Gasteiger partial charge in [-0.1, -0.05) is 30.3 Å². The molecule has 6 heteroatoms. The van der Waals surface area contributed by atoms with E-state index in [9.17, 15) is 9.59 Å². The van der Waals surface area contributed by atoms with Gasteiger partial charge < -0.3 is 14.8 Å². The molecular weight excluding hydrogens is 380 g/mol. The lowest BCUT2D eigenvalue weighted by Crippen LogP contribution is -2.55. The first kappa shape index (κ1) is 22.6. The average Bonchev–Trinajstić information content (AvgIpc) is 2.92. The third-order valence-electron chi connectivity index (χ3n) is 6.18. The molecule has 1 N–H and O–H groups in total. The average molecular weight is 417 g/mol. The third-order valence-corrected chi connectivity index (χ3v) is 6.18. The fourth-order valence-electron chi connectivity index (χ4n) is 4.88. The van der Waals surface area contributed by atoms with Gasteiger partial charge in [-0.2, -0.15) is 0 Å². The lowest BCUT2D eigenvalue weighted by atomic mass is 9.92. The highest BCUT2D eigenvalue weighted by atomic mass is 16.6. The van der Waals surface area contributed by atoms with Gasteiger partial charge in [0.05, 0.1) is 6.61 Å². The molecule has 3 rings (SSSR count). The van der Waals surface area contributed by atoms with Crippen LogP contribution in [0.1, 0.15) is 58.9 Å². The van der Waals surface area contributed by atoms with Crippen LogP contribution >= 0.6 is 0 Å². The molecule has 166 valence electrons. The predicted molar refractivity (Wildman–Crippen MR) is 116 cm³/mol. The molecule has 0 radical (unpaired) electrons. The number of carbonyl (C=O) groups is 2. The van der Waals surface area contributed by atoms with Crippen molar-refractivity contribution in [1.29, 1.82) is 0 Å². The summed E-state index contributed by atoms with van der Waals surface area (Å²) >= 11 is 0. The van der Waals surface area contributed by atoms with Crippen LogP contribution in [-0.2, 0) is 20.8 Å². The van der Waals surface area contributed by atoms with Crippen molar-refractivity contribution in [3.8, 4) is 0 Å². The van der Waals surface area contributed by atoms with E-state index in [2.05, 4.69) is 34.5 Å². The smallest absolute Gasteiger partial charge is 0.408 e. The van der Waals surface area contributed by atoms with Crippen molar-refractivity contribution in [3.63, 3.8) is 0 Å². The van der Waals surface area contributed by atoms with Gasteiger partial charge in [-0.25, -0.2) is 9.59 Å². The summed E-state index contributed by atoms with van der Waals surface area (Å²) in [6, 6.07) is 10.5. The van der Waals surface area contributed by atoms with Crippen LogP contribution in [0.25, 0.3) is 0 Å². The molecule has 6 nitrogen and oxygen atoms in total. The Kier molecular flexibility index (Phi) is 7.06. The minimum atomic E-state index is -0.977. The van der Waals surface area contributed by atoms with E-state index in [-0.39, 0.29) is 5.97 Å². The Morgan fingerprint density at radius 3 is 2.23 bits per heavy atom. The number of amides is 1. The normalized spacial score (nSPS) is 23.9. The Morgan fingerprint density at radius 2 is 1.70 bits per heavy atom. The zero-order valence-corrected chi connectivity index (χ0v) is 18.8. The highest BCUT2D eigenvalue weighted by Crippen LogP contribution is 2.45. The molecule has 1 aliphatic heterocycles. The fourth-order valence-corrected chi connectivity index (χ4v) is 4.88. The molecule has 1 amide bonds. The van der Waals surface area contributed by atoms with Crippen molar-refractivity contribution >= 4 is 12.1 Å². The van der Waals surface area contributed by atoms with Gasteiger partial charge in [0.2, 0.25) is 0 Å². The lowest BCUT2D eigenvalue weighted by molar-refractivity contribution is -0.151. The van der Waals surface area contributed by atoms with Crippen molar-refractivity contribution in [2.45, 2.75) is 71.1 Å². The molecule has 1 heterocycles. The Morgan fingerprint density at radius 1 is 1.10 bits per heavy atom. The largest absolute Gasteiger partial charge is 0.464 e. The van der Waals surface area contributed by atoms with Crippen LogP contribution < -0.4 is 5.32 Å². The fraction of sp³-hybridized carbons (Fsp3) is 0.667. The summed E-state index contributed by atoms with van der Waals surface area (Å²) in [4.78, 5) is 27.9. The summed E-state index contributed by atoms with van der Waals surface area (Å²) in [5, 5.41) is 2.91. The molecule has 1 saturated heterocycles. The monoisotopic (exact) mass is 416 g/mol. The van der Waals surface area contributed by atoms with Crippen molar-refractivity contribution in [1.82, 2.24) is 10.2 Å². The molecule has 1 aromatic rings. The van der Waals surface area contributed by atoms with Crippen LogP contribution in [0.2, 0.25) is 0 Å². The number of rotatable bonds is 5. The summed E-state index contributed by atoms with van der Waals surface area (Å²) in [6.07, 6.45) is 2.74. The van der Waals surface area contributed by atoms with E-state index in [0.29, 0.717) is 31.3 Å². The van der Waals surface area contributed by atoms with Crippen LogP contribution in [0.15, 0.2) is 30.3 Å². The minimum Gasteiger partial charge on any atom is -0.464 e. The Labute approximate surface area is 180 Å². The van der Waals surface area contributed by atoms with Crippen molar-refractivity contribution in [2.24, 2.45) is 11.8 Å². The zero-order chi connectivity index (χ0) is 21.8. The van der Waals surface area contributed by atoms with E-state index >= 15 is 0 Å². The Hall–Kier alpha value is -2.08. The summed E-state index contributed by atoms with van der Waals surface area (Å²) in [7, 11) is 0. The second-order valence-corrected chi connectivity index (χ2v) is 9.70. The molecule has 0 bridgehead atoms. The quantitative estimate of drug-likeness (QED) is 0.731. The van der Waals surface area contributed by atoms with Crippen molar-refractivity contribution in [2.75, 3.05) is 19.7 Å². The van der Waals surface area contributed by atoms with Crippen molar-refractivity contribution in [3.05, 3.63) is 35.9 Å². The van der Waals surface area contributed by atoms with E-state index in [1.54, 1.807) is 6.92 Å². The Bertz CT molecular complexity index is 712. The van der Waals surface area contributed by atoms with Gasteiger partial charge in [0.25, 0.3) is 0 Å². The summed E-state index contributed by atoms with van der Waals surface area (Å²) < 4.78 is 10.8. The molecule has 1 aromatic carbocycles. The van der Waals surface area contributed by atoms with Crippen LogP contribution in [-0.4, -0.2) is 47.8 Å². The minimum absolute atomic E-state index is 0.302. The molecular formula is C24H36N2O4. The first-order valence-corrected chi connectivity index (χ1v) is 11.2. The molecule has 0 aromatic heterocycles. The van der Waals surface area contributed by atoms with E-state index in [4.69, 9.17) is 9.47 Å². The number of fused-ring (bicyclic) bond motifs is 1. The van der Waals surface area contributed by atoms with E-state index in [0.717, 1.165) is 32.5 Å². The highest BCUT2D eigenvalue weighted by Gasteiger charge is 2.53. The maximum Gasteiger partial charge on any atom is 0.408 e. The number of nitrogens with one attached hydrogen (secondary N) is 1. The molecule has 1 aliphatic carbocycles. The van der Waals surface area contributed by atoms with Crippen LogP contribution in [0.3, 0.4) is 0 Å². The van der Waals surface area contributed by atoms with Gasteiger partial charge in [0.1, 0.15) is 11.1 Å². The van der Waals surface area contributed by atoms with Crippen LogP contribution in [0.5, 0.6) is 0 Å². The van der Waals surface area contributed by atoms with Gasteiger partial charge in [-0.05, 0) is 83.9 Å². The van der Waals surface area contributed by atoms with E-state index < -0.39 is 17.2 Å². The number of alkyl carbamates (subject to hydrolysis) is 1. The SMILES string of the molecule is CCOC(=O)C1(NC(=O)OC(C)(C)C)C[C@H]2CCN(Cc3ccccc3)CC[C@@H]2C1. The maximum absolute atomic E-state index is 12.9. The number of likely N-dealkylation sites (tertiary alicyclic amines) is 1. The molecule has 1 saturated carbocycles. The second kappa shape index (κ2) is 9.38. The molecule has 0 spiro atoms. The van der Waals surface area contributed by atoms with Gasteiger partial charge in [0.15, 0.2) is 0 Å². The number of benzene rings is 1. The van der Waals surface area contributed by atoms with E-state index in [1.165, 1.54) is 5.56 Å². The third kappa shape index (κ3) is 5.75. The standard InChI is InChI=1S/C24H36N2O4/c1-5-29-21(27)24(25-22(28)30-23(2,3)4)15-19-11-13-26(14-12-20(19)16-24)17-18-9-7-6-8-10-18/h6-10,19-20H,5,11-17H2,1-4H3,(H,25,28)/t19-,20-/m1/s1. The van der Waals surface area contributed by atoms with Gasteiger partial charge >= 0.3 is 12.1 Å². The molecule has 30 heavy (non-hydrogen) atoms. The molecule has 2 aliphatic rings. The molecule has 2 atom stereocenters. The molecule has 2 fully saturated rings. The van der Waals surface area contributed by atoms with Gasteiger partial charge in [-0.15, -0.1) is 0 Å². The number of esters is 1. The van der Waals surface area contributed by atoms with Gasteiger partial charge in [-0.3, -0.25) is 4.90 Å². The maximum atomic E-state index is 12.9. The number of ether oxygens (including phenoxy) is 2. The van der Waals surface area contributed by atoms with Crippen LogP contribution in [0.4, 0.5) is 4.79 Å². The highest BCUT2D eigenvalue weighted by molar-refractivity contribution is 5.86. The lowest BCUT2D eigenvalue weighted by Gasteiger charge is -2.30. The number of nitrogens with zero attached hydrogens (tertiary/aromatic N) is 1. The van der Waals surface area contributed by atoms with Crippen molar-refractivity contribution < 1.29 is 19.1 Å². The van der Waals surface area contributed by atoms with Crippen LogP contribution in [0, 0.1) is 11.8 Å². The zero-order valence-electron chi connectivity index (χ0n) is 18.8. The first-order valence-electron chi connectivity index (χ1n) is 11.2. The first-order chi connectivity index (χ1) is 14.2. The number of carbonyl (C=O) groups excluding carboxylic acids is 2. The predicted octanol–water partition coefficient (Wildman–Crippen LogP) is 4.14. The number of hydrogen-bond donors (Lipinski definition) is 1. The molecule has 0 unspecified atom stereocenters. The summed E-state index contributed by atoms with van der Waals surface area (Å²) in [6.45, 7) is 10.5. The van der Waals surface area contributed by atoms with Gasteiger partial charge in [0, 0.05) is 6.54 Å². The topological polar surface area (TPSA) is 67.9 Å². The summed E-state index contributed by atoms with van der Waals surface area (Å²) in [5.74, 6) is 0.459.